The highest BCUT2D eigenvalue weighted by atomic mass is 19.4. The Morgan fingerprint density at radius 1 is 1.00 bits per heavy atom. The third-order valence-corrected chi connectivity index (χ3v) is 3.90. The lowest BCUT2D eigenvalue weighted by Crippen LogP contribution is -2.48. The number of hydrazone groups is 1. The molecule has 2 N–H and O–H groups in total. The monoisotopic (exact) mass is 391 g/mol. The van der Waals surface area contributed by atoms with Gasteiger partial charge < -0.3 is 5.32 Å². The zero-order chi connectivity index (χ0) is 20.7. The molecule has 0 bridgehead atoms. The number of halogens is 3. The van der Waals surface area contributed by atoms with E-state index in [0.29, 0.717) is 11.1 Å². The molecule has 0 spiro atoms. The molecule has 2 rings (SSSR count). The molecule has 1 atom stereocenters. The number of carbonyl (C=O) groups is 2. The Balaban J connectivity index is 1.98. The van der Waals surface area contributed by atoms with Crippen LogP contribution >= 0.6 is 0 Å². The fraction of sp³-hybridized carbons (Fsp3) is 0.250. The Hall–Kier alpha value is -3.16. The fourth-order valence-corrected chi connectivity index (χ4v) is 2.35. The summed E-state index contributed by atoms with van der Waals surface area (Å²) in [4.78, 5) is 24.6. The third kappa shape index (κ3) is 5.94. The van der Waals surface area contributed by atoms with Crippen molar-refractivity contribution in [2.45, 2.75) is 26.1 Å². The van der Waals surface area contributed by atoms with Crippen LogP contribution < -0.4 is 10.7 Å². The maximum Gasteiger partial charge on any atom is 0.416 e. The number of nitrogens with one attached hydrogen (secondary N) is 2. The predicted molar refractivity (Wildman–Crippen MR) is 99.7 cm³/mol. The molecule has 0 aromatic heterocycles. The van der Waals surface area contributed by atoms with Crippen molar-refractivity contribution in [1.82, 2.24) is 10.7 Å². The summed E-state index contributed by atoms with van der Waals surface area (Å²) in [5.74, 6) is -1.11. The lowest BCUT2D eigenvalue weighted by molar-refractivity contribution is -0.137. The van der Waals surface area contributed by atoms with Gasteiger partial charge in [0.2, 0.25) is 0 Å². The van der Waals surface area contributed by atoms with Crippen molar-refractivity contribution in [3.63, 3.8) is 0 Å². The van der Waals surface area contributed by atoms with Crippen LogP contribution in [-0.2, 0) is 11.0 Å². The number of rotatable bonds is 6. The third-order valence-electron chi connectivity index (χ3n) is 3.90. The molecule has 5 nitrogen and oxygen atoms in total. The molecule has 0 saturated carbocycles. The van der Waals surface area contributed by atoms with E-state index in [-0.39, 0.29) is 11.8 Å². The highest BCUT2D eigenvalue weighted by Gasteiger charge is 2.29. The molecule has 0 fully saturated rings. The number of alkyl halides is 3. The molecule has 0 heterocycles. The summed E-state index contributed by atoms with van der Waals surface area (Å²) in [5, 5.41) is 6.42. The first-order chi connectivity index (χ1) is 13.2. The van der Waals surface area contributed by atoms with Crippen molar-refractivity contribution in [1.29, 1.82) is 0 Å². The fourth-order valence-electron chi connectivity index (χ4n) is 2.35. The normalized spacial score (nSPS) is 12.8. The van der Waals surface area contributed by atoms with Gasteiger partial charge in [0.05, 0.1) is 11.8 Å². The van der Waals surface area contributed by atoms with Gasteiger partial charge in [0, 0.05) is 5.56 Å². The minimum Gasteiger partial charge on any atom is -0.340 e. The SMILES string of the molecule is CC(C)[C@H](NC(=O)c1ccccc1)C(=O)N/N=C/c1ccc(C(F)(F)F)cc1. The maximum absolute atomic E-state index is 12.5. The molecule has 0 aliphatic rings. The van der Waals surface area contributed by atoms with Crippen molar-refractivity contribution in [2.24, 2.45) is 11.0 Å². The number of benzene rings is 2. The van der Waals surface area contributed by atoms with Crippen LogP contribution in [0.25, 0.3) is 0 Å². The van der Waals surface area contributed by atoms with Crippen molar-refractivity contribution in [3.05, 3.63) is 71.3 Å². The second-order valence-electron chi connectivity index (χ2n) is 6.42. The number of amides is 2. The minimum absolute atomic E-state index is 0.200. The summed E-state index contributed by atoms with van der Waals surface area (Å²) in [6, 6.07) is 12.0. The van der Waals surface area contributed by atoms with E-state index in [1.54, 1.807) is 44.2 Å². The van der Waals surface area contributed by atoms with E-state index in [4.69, 9.17) is 0 Å². The van der Waals surface area contributed by atoms with Gasteiger partial charge in [0.15, 0.2) is 0 Å². The van der Waals surface area contributed by atoms with Gasteiger partial charge in [0.1, 0.15) is 6.04 Å². The van der Waals surface area contributed by atoms with Crippen molar-refractivity contribution in [3.8, 4) is 0 Å². The minimum atomic E-state index is -4.41. The summed E-state index contributed by atoms with van der Waals surface area (Å²) < 4.78 is 37.6. The van der Waals surface area contributed by atoms with E-state index < -0.39 is 23.7 Å². The second kappa shape index (κ2) is 9.16. The van der Waals surface area contributed by atoms with Gasteiger partial charge in [-0.2, -0.15) is 18.3 Å². The molecule has 28 heavy (non-hydrogen) atoms. The Labute approximate surface area is 160 Å². The van der Waals surface area contributed by atoms with Crippen LogP contribution in [0.1, 0.15) is 35.3 Å². The molecule has 2 aromatic carbocycles. The molecule has 0 radical (unpaired) electrons. The molecular weight excluding hydrogens is 371 g/mol. The van der Waals surface area contributed by atoms with Gasteiger partial charge in [-0.3, -0.25) is 9.59 Å². The van der Waals surface area contributed by atoms with Crippen LogP contribution in [0, 0.1) is 5.92 Å². The Bertz CT molecular complexity index is 832. The van der Waals surface area contributed by atoms with Gasteiger partial charge in [-0.15, -0.1) is 0 Å². The average molecular weight is 391 g/mol. The first-order valence-electron chi connectivity index (χ1n) is 8.54. The summed E-state index contributed by atoms with van der Waals surface area (Å²) >= 11 is 0. The van der Waals surface area contributed by atoms with Gasteiger partial charge in [-0.05, 0) is 35.7 Å². The smallest absolute Gasteiger partial charge is 0.340 e. The zero-order valence-corrected chi connectivity index (χ0v) is 15.3. The Morgan fingerprint density at radius 3 is 2.14 bits per heavy atom. The van der Waals surface area contributed by atoms with E-state index in [9.17, 15) is 22.8 Å². The van der Waals surface area contributed by atoms with E-state index in [2.05, 4.69) is 15.8 Å². The largest absolute Gasteiger partial charge is 0.416 e. The summed E-state index contributed by atoms with van der Waals surface area (Å²) in [6.07, 6.45) is -3.18. The Kier molecular flexibility index (Phi) is 6.92. The van der Waals surface area contributed by atoms with Gasteiger partial charge in [0.25, 0.3) is 11.8 Å². The van der Waals surface area contributed by atoms with Crippen LogP contribution in [0.15, 0.2) is 59.7 Å². The van der Waals surface area contributed by atoms with Crippen LogP contribution in [0.2, 0.25) is 0 Å². The molecular formula is C20H20F3N3O2. The molecule has 0 saturated heterocycles. The predicted octanol–water partition coefficient (Wildman–Crippen LogP) is 3.61. The zero-order valence-electron chi connectivity index (χ0n) is 15.3. The molecule has 0 aliphatic heterocycles. The lowest BCUT2D eigenvalue weighted by atomic mass is 10.0. The number of hydrogen-bond acceptors (Lipinski definition) is 3. The number of carbonyl (C=O) groups excluding carboxylic acids is 2. The van der Waals surface area contributed by atoms with Crippen LogP contribution in [0.5, 0.6) is 0 Å². The summed E-state index contributed by atoms with van der Waals surface area (Å²) in [6.45, 7) is 3.55. The topological polar surface area (TPSA) is 70.6 Å². The van der Waals surface area contributed by atoms with Crippen LogP contribution in [0.4, 0.5) is 13.2 Å². The van der Waals surface area contributed by atoms with E-state index in [0.717, 1.165) is 12.1 Å². The van der Waals surface area contributed by atoms with Crippen molar-refractivity contribution >= 4 is 18.0 Å². The molecule has 2 amide bonds. The first kappa shape index (κ1) is 21.1. The Morgan fingerprint density at radius 2 is 1.61 bits per heavy atom. The van der Waals surface area contributed by atoms with Gasteiger partial charge >= 0.3 is 6.18 Å². The highest BCUT2D eigenvalue weighted by Crippen LogP contribution is 2.28. The average Bonchev–Trinajstić information content (AvgIpc) is 2.66. The summed E-state index contributed by atoms with van der Waals surface area (Å²) in [7, 11) is 0. The van der Waals surface area contributed by atoms with Crippen LogP contribution in [0.3, 0.4) is 0 Å². The summed E-state index contributed by atoms with van der Waals surface area (Å²) in [5.41, 5.74) is 2.36. The molecule has 2 aromatic rings. The van der Waals surface area contributed by atoms with Crippen LogP contribution in [-0.4, -0.2) is 24.1 Å². The van der Waals surface area contributed by atoms with Gasteiger partial charge in [-0.25, -0.2) is 5.43 Å². The number of hydrogen-bond donors (Lipinski definition) is 2. The quantitative estimate of drug-likeness (QED) is 0.583. The maximum atomic E-state index is 12.5. The van der Waals surface area contributed by atoms with Gasteiger partial charge in [-0.1, -0.05) is 44.2 Å². The van der Waals surface area contributed by atoms with E-state index in [1.807, 2.05) is 0 Å². The highest BCUT2D eigenvalue weighted by molar-refractivity contribution is 5.97. The molecule has 148 valence electrons. The van der Waals surface area contributed by atoms with Crippen molar-refractivity contribution in [2.75, 3.05) is 0 Å². The van der Waals surface area contributed by atoms with Crippen molar-refractivity contribution < 1.29 is 22.8 Å². The van der Waals surface area contributed by atoms with E-state index >= 15 is 0 Å². The standard InChI is InChI=1S/C20H20F3N3O2/c1-13(2)17(25-18(27)15-6-4-3-5-7-15)19(28)26-24-12-14-8-10-16(11-9-14)20(21,22)23/h3-13,17H,1-2H3,(H,25,27)(H,26,28)/b24-12+/t17-/m0/s1. The molecule has 0 unspecified atom stereocenters. The molecule has 8 heteroatoms. The van der Waals surface area contributed by atoms with E-state index in [1.165, 1.54) is 18.3 Å². The first-order valence-corrected chi connectivity index (χ1v) is 8.54. The second-order valence-corrected chi connectivity index (χ2v) is 6.42. The lowest BCUT2D eigenvalue weighted by Gasteiger charge is -2.20. The molecule has 0 aliphatic carbocycles. The number of nitrogens with zero attached hydrogens (tertiary/aromatic N) is 1.